The second-order valence-electron chi connectivity index (χ2n) is 9.83. The van der Waals surface area contributed by atoms with Crippen molar-refractivity contribution in [3.8, 4) is 0 Å². The first-order valence-corrected chi connectivity index (χ1v) is 12.0. The Hall–Kier alpha value is -3.09. The molecular formula is C27H28F2N2O3. The third kappa shape index (κ3) is 4.01. The fraction of sp³-hybridized carbons (Fsp3) is 0.444. The van der Waals surface area contributed by atoms with Gasteiger partial charge in [0.15, 0.2) is 0 Å². The number of imide groups is 1. The number of likely N-dealkylation sites (tertiary alicyclic amines) is 2. The molecule has 2 aliphatic heterocycles. The summed E-state index contributed by atoms with van der Waals surface area (Å²) in [6.07, 6.45) is 3.93. The van der Waals surface area contributed by atoms with E-state index in [9.17, 15) is 23.2 Å². The van der Waals surface area contributed by atoms with Crippen LogP contribution in [0.3, 0.4) is 0 Å². The van der Waals surface area contributed by atoms with Crippen LogP contribution in [0, 0.1) is 11.6 Å². The normalized spacial score (nSPS) is 25.5. The van der Waals surface area contributed by atoms with Gasteiger partial charge in [0.2, 0.25) is 17.7 Å². The van der Waals surface area contributed by atoms with Crippen molar-refractivity contribution in [2.75, 3.05) is 13.1 Å². The third-order valence-electron chi connectivity index (χ3n) is 7.75. The lowest BCUT2D eigenvalue weighted by Gasteiger charge is -2.30. The largest absolute Gasteiger partial charge is 0.342 e. The first-order chi connectivity index (χ1) is 16.4. The molecule has 2 aromatic rings. The number of benzene rings is 2. The van der Waals surface area contributed by atoms with Gasteiger partial charge < -0.3 is 4.90 Å². The van der Waals surface area contributed by atoms with Crippen molar-refractivity contribution >= 4 is 17.7 Å². The molecule has 0 radical (unpaired) electrons. The molecule has 7 heteroatoms. The summed E-state index contributed by atoms with van der Waals surface area (Å²) in [5.74, 6) is -1.59. The second kappa shape index (κ2) is 8.93. The Morgan fingerprint density at radius 3 is 2.41 bits per heavy atom. The highest BCUT2D eigenvalue weighted by molar-refractivity contribution is 6.11. The van der Waals surface area contributed by atoms with Crippen LogP contribution in [0.25, 0.3) is 0 Å². The zero-order chi connectivity index (χ0) is 23.9. The monoisotopic (exact) mass is 466 g/mol. The highest BCUT2D eigenvalue weighted by Crippen LogP contribution is 2.43. The summed E-state index contributed by atoms with van der Waals surface area (Å²) in [6, 6.07) is 11.9. The molecular weight excluding hydrogens is 438 g/mol. The molecule has 1 saturated carbocycles. The Balaban J connectivity index is 1.40. The van der Waals surface area contributed by atoms with E-state index in [4.69, 9.17) is 0 Å². The van der Waals surface area contributed by atoms with Gasteiger partial charge in [-0.15, -0.1) is 0 Å². The number of carbonyl (C=O) groups excluding carboxylic acids is 3. The van der Waals surface area contributed by atoms with E-state index in [0.717, 1.165) is 37.7 Å². The second-order valence-corrected chi connectivity index (χ2v) is 9.83. The van der Waals surface area contributed by atoms with Crippen LogP contribution in [0.15, 0.2) is 48.5 Å². The molecule has 34 heavy (non-hydrogen) atoms. The molecule has 178 valence electrons. The van der Waals surface area contributed by atoms with Gasteiger partial charge in [-0.2, -0.15) is 0 Å². The van der Waals surface area contributed by atoms with Crippen molar-refractivity contribution in [2.24, 2.45) is 0 Å². The fourth-order valence-electron chi connectivity index (χ4n) is 5.91. The lowest BCUT2D eigenvalue weighted by atomic mass is 9.75. The van der Waals surface area contributed by atoms with Crippen LogP contribution in [0.5, 0.6) is 0 Å². The summed E-state index contributed by atoms with van der Waals surface area (Å²) in [4.78, 5) is 43.4. The molecule has 0 N–H and O–H groups in total. The lowest BCUT2D eigenvalue weighted by Crippen LogP contribution is -2.45. The number of hydrogen-bond donors (Lipinski definition) is 0. The van der Waals surface area contributed by atoms with Crippen LogP contribution in [0.2, 0.25) is 0 Å². The van der Waals surface area contributed by atoms with Crippen LogP contribution in [-0.2, 0) is 19.8 Å². The van der Waals surface area contributed by atoms with Crippen molar-refractivity contribution in [2.45, 2.75) is 62.3 Å². The zero-order valence-electron chi connectivity index (χ0n) is 19.0. The van der Waals surface area contributed by atoms with E-state index in [-0.39, 0.29) is 48.3 Å². The topological polar surface area (TPSA) is 57.7 Å². The molecule has 0 bridgehead atoms. The SMILES string of the molecule is O=C(CC1(c2cccc(F)c2)CC(=O)N(C2CCCC2)C1=O)N1CCC(c2ccc(F)cc2)C1. The Labute approximate surface area is 197 Å². The van der Waals surface area contributed by atoms with Crippen LogP contribution in [0.4, 0.5) is 8.78 Å². The van der Waals surface area contributed by atoms with E-state index < -0.39 is 11.2 Å². The Morgan fingerprint density at radius 2 is 1.71 bits per heavy atom. The Morgan fingerprint density at radius 1 is 0.971 bits per heavy atom. The minimum atomic E-state index is -1.38. The van der Waals surface area contributed by atoms with Gasteiger partial charge in [0, 0.05) is 37.9 Å². The highest BCUT2D eigenvalue weighted by atomic mass is 19.1. The molecule has 1 aliphatic carbocycles. The summed E-state index contributed by atoms with van der Waals surface area (Å²) in [6.45, 7) is 0.993. The number of hydrogen-bond acceptors (Lipinski definition) is 3. The average molecular weight is 467 g/mol. The molecule has 2 unspecified atom stereocenters. The molecule has 3 amide bonds. The predicted molar refractivity (Wildman–Crippen MR) is 122 cm³/mol. The summed E-state index contributed by atoms with van der Waals surface area (Å²) in [5, 5.41) is 0. The molecule has 5 nitrogen and oxygen atoms in total. The zero-order valence-corrected chi connectivity index (χ0v) is 19.0. The maximum Gasteiger partial charge on any atom is 0.241 e. The van der Waals surface area contributed by atoms with E-state index in [0.29, 0.717) is 18.7 Å². The van der Waals surface area contributed by atoms with Gasteiger partial charge in [0.05, 0.1) is 5.41 Å². The van der Waals surface area contributed by atoms with Crippen LogP contribution in [0.1, 0.15) is 62.0 Å². The number of halogens is 2. The molecule has 5 rings (SSSR count). The summed E-state index contributed by atoms with van der Waals surface area (Å²) in [5.41, 5.74) is -0.0302. The number of carbonyl (C=O) groups is 3. The van der Waals surface area contributed by atoms with Crippen molar-refractivity contribution in [1.82, 2.24) is 9.80 Å². The standard InChI is InChI=1S/C27H28F2N2O3/c28-21-10-8-18(9-11-21)19-12-13-30(17-19)24(32)15-27(20-4-3-5-22(29)14-20)16-25(33)31(26(27)34)23-6-1-2-7-23/h3-5,8-11,14,19,23H,1-2,6-7,12-13,15-17H2. The average Bonchev–Trinajstić information content (AvgIpc) is 3.55. The minimum Gasteiger partial charge on any atom is -0.342 e. The maximum absolute atomic E-state index is 14.2. The van der Waals surface area contributed by atoms with E-state index in [2.05, 4.69) is 0 Å². The highest BCUT2D eigenvalue weighted by Gasteiger charge is 2.56. The Kier molecular flexibility index (Phi) is 5.96. The van der Waals surface area contributed by atoms with Gasteiger partial charge in [-0.05, 0) is 54.7 Å². The van der Waals surface area contributed by atoms with Crippen LogP contribution in [-0.4, -0.2) is 46.7 Å². The van der Waals surface area contributed by atoms with E-state index >= 15 is 0 Å². The molecule has 2 atom stereocenters. The van der Waals surface area contributed by atoms with E-state index in [1.165, 1.54) is 35.2 Å². The van der Waals surface area contributed by atoms with Gasteiger partial charge in [-0.1, -0.05) is 37.1 Å². The van der Waals surface area contributed by atoms with Crippen molar-refractivity contribution in [1.29, 1.82) is 0 Å². The van der Waals surface area contributed by atoms with Gasteiger partial charge in [0.1, 0.15) is 11.6 Å². The first kappa shape index (κ1) is 22.7. The first-order valence-electron chi connectivity index (χ1n) is 12.0. The quantitative estimate of drug-likeness (QED) is 0.617. The smallest absolute Gasteiger partial charge is 0.241 e. The van der Waals surface area contributed by atoms with Gasteiger partial charge in [0.25, 0.3) is 0 Å². The van der Waals surface area contributed by atoms with Crippen molar-refractivity contribution in [3.63, 3.8) is 0 Å². The maximum atomic E-state index is 14.2. The molecule has 2 saturated heterocycles. The van der Waals surface area contributed by atoms with Gasteiger partial charge >= 0.3 is 0 Å². The lowest BCUT2D eigenvalue weighted by molar-refractivity contribution is -0.144. The van der Waals surface area contributed by atoms with Crippen molar-refractivity contribution in [3.05, 3.63) is 71.3 Å². The molecule has 3 fully saturated rings. The molecule has 2 heterocycles. The van der Waals surface area contributed by atoms with Gasteiger partial charge in [-0.3, -0.25) is 19.3 Å². The van der Waals surface area contributed by atoms with Crippen LogP contribution >= 0.6 is 0 Å². The minimum absolute atomic E-state index is 0.0885. The number of nitrogens with zero attached hydrogens (tertiary/aromatic N) is 2. The molecule has 0 spiro atoms. The van der Waals surface area contributed by atoms with E-state index in [1.807, 2.05) is 0 Å². The van der Waals surface area contributed by atoms with Gasteiger partial charge in [-0.25, -0.2) is 8.78 Å². The number of rotatable bonds is 5. The third-order valence-corrected chi connectivity index (χ3v) is 7.75. The van der Waals surface area contributed by atoms with Crippen LogP contribution < -0.4 is 0 Å². The summed E-state index contributed by atoms with van der Waals surface area (Å²) < 4.78 is 27.5. The molecule has 2 aromatic carbocycles. The summed E-state index contributed by atoms with van der Waals surface area (Å²) >= 11 is 0. The predicted octanol–water partition coefficient (Wildman–Crippen LogP) is 4.31. The molecule has 3 aliphatic rings. The summed E-state index contributed by atoms with van der Waals surface area (Å²) in [7, 11) is 0. The molecule has 0 aromatic heterocycles. The fourth-order valence-corrected chi connectivity index (χ4v) is 5.91. The van der Waals surface area contributed by atoms with E-state index in [1.54, 1.807) is 23.1 Å². The Bertz CT molecular complexity index is 1110. The van der Waals surface area contributed by atoms with Crippen molar-refractivity contribution < 1.29 is 23.2 Å². The number of amides is 3.